The number of nitrogens with one attached hydrogen (secondary N) is 1. The number of nitrogens with zero attached hydrogens (tertiary/aromatic N) is 1. The summed E-state index contributed by atoms with van der Waals surface area (Å²) in [6, 6.07) is 20.5. The minimum absolute atomic E-state index is 0.170. The van der Waals surface area contributed by atoms with Crippen LogP contribution >= 0.6 is 0 Å². The predicted molar refractivity (Wildman–Crippen MR) is 89.5 cm³/mol. The Kier molecular flexibility index (Phi) is 4.54. The molecule has 0 aliphatic rings. The third-order valence-electron chi connectivity index (χ3n) is 3.67. The van der Waals surface area contributed by atoms with Crippen molar-refractivity contribution in [1.82, 2.24) is 9.88 Å². The zero-order valence-electron chi connectivity index (χ0n) is 12.6. The molecule has 0 saturated heterocycles. The van der Waals surface area contributed by atoms with Crippen LogP contribution in [0.25, 0.3) is 5.69 Å². The van der Waals surface area contributed by atoms with E-state index in [2.05, 4.69) is 5.32 Å². The lowest BCUT2D eigenvalue weighted by Gasteiger charge is -2.14. The summed E-state index contributed by atoms with van der Waals surface area (Å²) < 4.78 is 1.89. The number of hydrogen-bond acceptors (Lipinski definition) is 2. The van der Waals surface area contributed by atoms with Gasteiger partial charge in [0.25, 0.3) is 5.91 Å². The molecule has 2 aromatic carbocycles. The molecule has 0 spiro atoms. The number of para-hydroxylation sites is 1. The molecule has 3 rings (SSSR count). The number of aliphatic hydroxyl groups is 1. The van der Waals surface area contributed by atoms with Crippen molar-refractivity contribution in [2.75, 3.05) is 6.54 Å². The maximum absolute atomic E-state index is 12.5. The van der Waals surface area contributed by atoms with E-state index in [1.807, 2.05) is 77.6 Å². The van der Waals surface area contributed by atoms with Crippen LogP contribution in [0.15, 0.2) is 79.1 Å². The van der Waals surface area contributed by atoms with Gasteiger partial charge in [-0.2, -0.15) is 0 Å². The quantitative estimate of drug-likeness (QED) is 0.761. The molecule has 0 radical (unpaired) electrons. The number of aliphatic hydroxyl groups excluding tert-OH is 1. The first-order chi connectivity index (χ1) is 11.3. The van der Waals surface area contributed by atoms with Crippen LogP contribution in [-0.4, -0.2) is 22.1 Å². The predicted octanol–water partition coefficient (Wildman–Crippen LogP) is 2.94. The van der Waals surface area contributed by atoms with Crippen LogP contribution in [0.4, 0.5) is 0 Å². The van der Waals surface area contributed by atoms with Gasteiger partial charge in [0, 0.05) is 18.9 Å². The fourth-order valence-electron chi connectivity index (χ4n) is 2.46. The molecule has 1 aromatic heterocycles. The molecule has 4 nitrogen and oxygen atoms in total. The molecule has 0 fully saturated rings. The van der Waals surface area contributed by atoms with Crippen LogP contribution in [0.1, 0.15) is 22.0 Å². The van der Waals surface area contributed by atoms with Crippen LogP contribution in [0.3, 0.4) is 0 Å². The van der Waals surface area contributed by atoms with Gasteiger partial charge in [-0.3, -0.25) is 4.79 Å². The van der Waals surface area contributed by atoms with Crippen molar-refractivity contribution >= 4 is 5.91 Å². The summed E-state index contributed by atoms with van der Waals surface area (Å²) in [6.45, 7) is 0.170. The van der Waals surface area contributed by atoms with E-state index < -0.39 is 6.10 Å². The van der Waals surface area contributed by atoms with E-state index in [4.69, 9.17) is 0 Å². The number of hydrogen-bond donors (Lipinski definition) is 2. The molecule has 3 aromatic rings. The van der Waals surface area contributed by atoms with Crippen molar-refractivity contribution in [2.24, 2.45) is 0 Å². The first-order valence-electron chi connectivity index (χ1n) is 7.49. The minimum atomic E-state index is -0.723. The van der Waals surface area contributed by atoms with Gasteiger partial charge >= 0.3 is 0 Å². The number of carbonyl (C=O) groups is 1. The third kappa shape index (κ3) is 3.49. The van der Waals surface area contributed by atoms with E-state index >= 15 is 0 Å². The average molecular weight is 306 g/mol. The van der Waals surface area contributed by atoms with E-state index in [0.717, 1.165) is 11.3 Å². The van der Waals surface area contributed by atoms with E-state index in [1.54, 1.807) is 6.07 Å². The SMILES string of the molecule is O=C(NC[C@H](O)c1ccccc1)c1ccccc1-n1cccc1. The van der Waals surface area contributed by atoms with Gasteiger partial charge in [-0.25, -0.2) is 0 Å². The first kappa shape index (κ1) is 15.1. The summed E-state index contributed by atoms with van der Waals surface area (Å²) in [5.74, 6) is -0.204. The maximum Gasteiger partial charge on any atom is 0.253 e. The fraction of sp³-hybridized carbons (Fsp3) is 0.105. The van der Waals surface area contributed by atoms with Gasteiger partial charge in [-0.1, -0.05) is 42.5 Å². The Bertz CT molecular complexity index is 767. The molecule has 116 valence electrons. The zero-order valence-corrected chi connectivity index (χ0v) is 12.6. The Morgan fingerprint density at radius 3 is 2.35 bits per heavy atom. The molecule has 0 bridgehead atoms. The Morgan fingerprint density at radius 2 is 1.61 bits per heavy atom. The van der Waals surface area contributed by atoms with Crippen molar-refractivity contribution < 1.29 is 9.90 Å². The van der Waals surface area contributed by atoms with Crippen LogP contribution < -0.4 is 5.32 Å². The molecule has 23 heavy (non-hydrogen) atoms. The first-order valence-corrected chi connectivity index (χ1v) is 7.49. The lowest BCUT2D eigenvalue weighted by Crippen LogP contribution is -2.29. The summed E-state index contributed by atoms with van der Waals surface area (Å²) in [6.07, 6.45) is 3.06. The lowest BCUT2D eigenvalue weighted by molar-refractivity contribution is 0.0916. The highest BCUT2D eigenvalue weighted by Crippen LogP contribution is 2.15. The van der Waals surface area contributed by atoms with E-state index in [1.165, 1.54) is 0 Å². The Labute approximate surface area is 135 Å². The number of amides is 1. The molecule has 0 unspecified atom stereocenters. The highest BCUT2D eigenvalue weighted by Gasteiger charge is 2.14. The maximum atomic E-state index is 12.5. The molecule has 0 saturated carbocycles. The van der Waals surface area contributed by atoms with Gasteiger partial charge in [0.05, 0.1) is 17.4 Å². The summed E-state index contributed by atoms with van der Waals surface area (Å²) in [5, 5.41) is 12.9. The van der Waals surface area contributed by atoms with Crippen molar-refractivity contribution in [2.45, 2.75) is 6.10 Å². The number of rotatable bonds is 5. The van der Waals surface area contributed by atoms with Crippen LogP contribution in [0.5, 0.6) is 0 Å². The monoisotopic (exact) mass is 306 g/mol. The molecule has 1 atom stereocenters. The minimum Gasteiger partial charge on any atom is -0.387 e. The standard InChI is InChI=1S/C19H18N2O2/c22-18(15-8-2-1-3-9-15)14-20-19(23)16-10-4-5-11-17(16)21-12-6-7-13-21/h1-13,18,22H,14H2,(H,20,23)/t18-/m0/s1. The van der Waals surface area contributed by atoms with Crippen molar-refractivity contribution in [3.8, 4) is 5.69 Å². The third-order valence-corrected chi connectivity index (χ3v) is 3.67. The molecule has 0 aliphatic carbocycles. The van der Waals surface area contributed by atoms with Gasteiger partial charge < -0.3 is 15.0 Å². The number of benzene rings is 2. The van der Waals surface area contributed by atoms with Gasteiger partial charge in [0.1, 0.15) is 0 Å². The average Bonchev–Trinajstić information content (AvgIpc) is 3.14. The molecule has 1 heterocycles. The topological polar surface area (TPSA) is 54.3 Å². The smallest absolute Gasteiger partial charge is 0.253 e. The summed E-state index contributed by atoms with van der Waals surface area (Å²) >= 11 is 0. The Hall–Kier alpha value is -2.85. The fourth-order valence-corrected chi connectivity index (χ4v) is 2.46. The molecular weight excluding hydrogens is 288 g/mol. The Balaban J connectivity index is 1.72. The van der Waals surface area contributed by atoms with E-state index in [0.29, 0.717) is 5.56 Å². The normalized spacial score (nSPS) is 11.9. The Morgan fingerprint density at radius 1 is 0.957 bits per heavy atom. The molecule has 4 heteroatoms. The number of aromatic nitrogens is 1. The van der Waals surface area contributed by atoms with Gasteiger partial charge in [-0.05, 0) is 29.8 Å². The summed E-state index contributed by atoms with van der Waals surface area (Å²) in [5.41, 5.74) is 2.17. The molecule has 0 aliphatic heterocycles. The lowest BCUT2D eigenvalue weighted by atomic mass is 10.1. The zero-order chi connectivity index (χ0) is 16.1. The largest absolute Gasteiger partial charge is 0.387 e. The number of carbonyl (C=O) groups excluding carboxylic acids is 1. The van der Waals surface area contributed by atoms with Crippen molar-refractivity contribution in [3.63, 3.8) is 0 Å². The highest BCUT2D eigenvalue weighted by atomic mass is 16.3. The van der Waals surface area contributed by atoms with Crippen LogP contribution in [-0.2, 0) is 0 Å². The van der Waals surface area contributed by atoms with Gasteiger partial charge in [-0.15, -0.1) is 0 Å². The second-order valence-corrected chi connectivity index (χ2v) is 5.24. The summed E-state index contributed by atoms with van der Waals surface area (Å²) in [4.78, 5) is 12.5. The van der Waals surface area contributed by atoms with Crippen LogP contribution in [0, 0.1) is 0 Å². The van der Waals surface area contributed by atoms with Gasteiger partial charge in [0.15, 0.2) is 0 Å². The highest BCUT2D eigenvalue weighted by molar-refractivity contribution is 5.97. The second kappa shape index (κ2) is 6.94. The van der Waals surface area contributed by atoms with Crippen LogP contribution in [0.2, 0.25) is 0 Å². The molecule has 2 N–H and O–H groups in total. The molecule has 1 amide bonds. The second-order valence-electron chi connectivity index (χ2n) is 5.24. The van der Waals surface area contributed by atoms with Gasteiger partial charge in [0.2, 0.25) is 0 Å². The van der Waals surface area contributed by atoms with Crippen molar-refractivity contribution in [3.05, 3.63) is 90.3 Å². The summed E-state index contributed by atoms with van der Waals surface area (Å²) in [7, 11) is 0. The van der Waals surface area contributed by atoms with E-state index in [-0.39, 0.29) is 12.5 Å². The van der Waals surface area contributed by atoms with Crippen molar-refractivity contribution in [1.29, 1.82) is 0 Å². The molecular formula is C19H18N2O2. The van der Waals surface area contributed by atoms with E-state index in [9.17, 15) is 9.90 Å².